The second-order valence-corrected chi connectivity index (χ2v) is 3.37. The Morgan fingerprint density at radius 1 is 1.44 bits per heavy atom. The van der Waals surface area contributed by atoms with Crippen LogP contribution in [-0.4, -0.2) is 4.98 Å². The van der Waals surface area contributed by atoms with Gasteiger partial charge in [-0.3, -0.25) is 4.98 Å². The fraction of sp³-hybridized carbons (Fsp3) is 0.333. The highest BCUT2D eigenvalue weighted by Crippen LogP contribution is 1.85. The smallest absolute Gasteiger partial charge is 0.372 e. The Labute approximate surface area is 94.1 Å². The van der Waals surface area contributed by atoms with Crippen molar-refractivity contribution in [2.75, 3.05) is 0 Å². The summed E-state index contributed by atoms with van der Waals surface area (Å²) in [7, 11) is 0. The predicted molar refractivity (Wildman–Crippen MR) is 65.6 cm³/mol. The first-order chi connectivity index (χ1) is 7.69. The molecule has 1 aliphatic carbocycles. The zero-order chi connectivity index (χ0) is 12.0. The van der Waals surface area contributed by atoms with Crippen molar-refractivity contribution in [2.24, 2.45) is 0 Å². The normalized spacial score (nSPS) is 12.4. The van der Waals surface area contributed by atoms with Gasteiger partial charge in [-0.2, -0.15) is 0 Å². The van der Waals surface area contributed by atoms with E-state index in [2.05, 4.69) is 23.2 Å². The van der Waals surface area contributed by atoms with Crippen LogP contribution in [0, 0.1) is 0 Å². The van der Waals surface area contributed by atoms with Crippen molar-refractivity contribution in [1.82, 2.24) is 4.98 Å². The quantitative estimate of drug-likeness (QED) is 0.697. The minimum atomic E-state index is -0.719. The SMILES string of the molecule is CCC.O=c1[nH]c2c(c(=O)o1)=CCC=CC=2.[HH]. The Kier molecular flexibility index (Phi) is 4.51. The van der Waals surface area contributed by atoms with E-state index in [1.54, 1.807) is 18.2 Å². The fourth-order valence-electron chi connectivity index (χ4n) is 1.21. The number of hydrogen-bond donors (Lipinski definition) is 1. The first-order valence-corrected chi connectivity index (χ1v) is 5.29. The van der Waals surface area contributed by atoms with Crippen LogP contribution in [0.4, 0.5) is 0 Å². The lowest BCUT2D eigenvalue weighted by Crippen LogP contribution is -2.44. The second-order valence-electron chi connectivity index (χ2n) is 3.37. The topological polar surface area (TPSA) is 63.1 Å². The van der Waals surface area contributed by atoms with E-state index < -0.39 is 11.4 Å². The fourth-order valence-corrected chi connectivity index (χ4v) is 1.21. The van der Waals surface area contributed by atoms with Gasteiger partial charge in [0.2, 0.25) is 0 Å². The summed E-state index contributed by atoms with van der Waals surface area (Å²) >= 11 is 0. The molecule has 0 fully saturated rings. The molecule has 0 spiro atoms. The van der Waals surface area contributed by atoms with Gasteiger partial charge in [-0.25, -0.2) is 9.59 Å². The van der Waals surface area contributed by atoms with E-state index in [0.29, 0.717) is 17.0 Å². The highest BCUT2D eigenvalue weighted by Gasteiger charge is 1.97. The molecule has 4 heteroatoms. The van der Waals surface area contributed by atoms with E-state index in [-0.39, 0.29) is 1.43 Å². The van der Waals surface area contributed by atoms with Gasteiger partial charge in [0.15, 0.2) is 0 Å². The number of fused-ring (bicyclic) bond motifs is 1. The molecule has 0 bridgehead atoms. The van der Waals surface area contributed by atoms with Crippen LogP contribution in [-0.2, 0) is 0 Å². The molecule has 1 aromatic heterocycles. The van der Waals surface area contributed by atoms with Gasteiger partial charge in [0.05, 0.1) is 10.6 Å². The van der Waals surface area contributed by atoms with Gasteiger partial charge >= 0.3 is 11.4 Å². The van der Waals surface area contributed by atoms with Gasteiger partial charge in [-0.05, 0) is 12.5 Å². The molecule has 0 aromatic carbocycles. The Morgan fingerprint density at radius 3 is 2.81 bits per heavy atom. The summed E-state index contributed by atoms with van der Waals surface area (Å²) in [5.41, 5.74) is -0.585. The van der Waals surface area contributed by atoms with Crippen LogP contribution in [0.1, 0.15) is 28.1 Å². The summed E-state index contributed by atoms with van der Waals surface area (Å²) in [5, 5.41) is 0.930. The molecular weight excluding hydrogens is 206 g/mol. The molecule has 0 unspecified atom stereocenters. The Balaban J connectivity index is 0.000000583. The highest BCUT2D eigenvalue weighted by molar-refractivity contribution is 5.41. The zero-order valence-corrected chi connectivity index (χ0v) is 9.45. The van der Waals surface area contributed by atoms with Gasteiger partial charge in [-0.1, -0.05) is 38.5 Å². The standard InChI is InChI=1S/C9H7NO3.C3H8.H2/c11-8-6-4-2-1-3-5-7(6)10-9(12)13-8;1-3-2;/h1,3-5H,2H2,(H,10,12);3H2,1-2H3;1H. The molecule has 1 aromatic rings. The third-order valence-electron chi connectivity index (χ3n) is 1.79. The summed E-state index contributed by atoms with van der Waals surface area (Å²) in [6.45, 7) is 4.25. The highest BCUT2D eigenvalue weighted by atomic mass is 16.4. The lowest BCUT2D eigenvalue weighted by atomic mass is 10.3. The summed E-state index contributed by atoms with van der Waals surface area (Å²) in [4.78, 5) is 24.4. The van der Waals surface area contributed by atoms with E-state index in [1.807, 2.05) is 6.08 Å². The average molecular weight is 223 g/mol. The maximum atomic E-state index is 11.2. The van der Waals surface area contributed by atoms with Crippen molar-refractivity contribution < 1.29 is 5.84 Å². The van der Waals surface area contributed by atoms with Crippen molar-refractivity contribution in [2.45, 2.75) is 26.7 Å². The number of aromatic amines is 1. The minimum absolute atomic E-state index is 0. The van der Waals surface area contributed by atoms with E-state index in [0.717, 1.165) is 0 Å². The zero-order valence-electron chi connectivity index (χ0n) is 9.45. The molecule has 0 saturated heterocycles. The van der Waals surface area contributed by atoms with Crippen LogP contribution in [0.3, 0.4) is 0 Å². The molecule has 1 heterocycles. The largest absolute Gasteiger partial charge is 0.419 e. The van der Waals surface area contributed by atoms with E-state index in [9.17, 15) is 9.59 Å². The molecule has 0 saturated carbocycles. The van der Waals surface area contributed by atoms with E-state index >= 15 is 0 Å². The number of aromatic nitrogens is 1. The summed E-state index contributed by atoms with van der Waals surface area (Å²) in [6, 6.07) is 0. The molecule has 0 amide bonds. The molecule has 1 aliphatic rings. The number of allylic oxidation sites excluding steroid dienone is 2. The minimum Gasteiger partial charge on any atom is -0.372 e. The van der Waals surface area contributed by atoms with Gasteiger partial charge in [0.1, 0.15) is 0 Å². The van der Waals surface area contributed by atoms with Gasteiger partial charge in [0.25, 0.3) is 0 Å². The molecule has 4 nitrogen and oxygen atoms in total. The van der Waals surface area contributed by atoms with Crippen LogP contribution in [0.15, 0.2) is 26.2 Å². The third-order valence-corrected chi connectivity index (χ3v) is 1.79. The Hall–Kier alpha value is -1.84. The second kappa shape index (κ2) is 5.90. The number of H-pyrrole nitrogens is 1. The number of hydrogen-bond acceptors (Lipinski definition) is 3. The van der Waals surface area contributed by atoms with Crippen molar-refractivity contribution in [3.05, 3.63) is 43.7 Å². The van der Waals surface area contributed by atoms with E-state index in [1.165, 1.54) is 6.42 Å². The first kappa shape index (κ1) is 12.2. The average Bonchev–Trinajstić information content (AvgIpc) is 2.43. The number of nitrogens with one attached hydrogen (secondary N) is 1. The van der Waals surface area contributed by atoms with E-state index in [4.69, 9.17) is 0 Å². The molecule has 2 rings (SSSR count). The van der Waals surface area contributed by atoms with Gasteiger partial charge in [-0.15, -0.1) is 0 Å². The van der Waals surface area contributed by atoms with Crippen LogP contribution in [0.5, 0.6) is 0 Å². The first-order valence-electron chi connectivity index (χ1n) is 5.29. The maximum absolute atomic E-state index is 11.2. The molecule has 0 aliphatic heterocycles. The Morgan fingerprint density at radius 2 is 2.12 bits per heavy atom. The lowest BCUT2D eigenvalue weighted by molar-refractivity contribution is 0.440. The van der Waals surface area contributed by atoms with Gasteiger partial charge in [0, 0.05) is 1.43 Å². The molecular formula is C12H17NO3. The maximum Gasteiger partial charge on any atom is 0.419 e. The van der Waals surface area contributed by atoms with Crippen LogP contribution < -0.4 is 21.9 Å². The van der Waals surface area contributed by atoms with Crippen molar-refractivity contribution in [1.29, 1.82) is 0 Å². The predicted octanol–water partition coefficient (Wildman–Crippen LogP) is 0.511. The molecule has 1 N–H and O–H groups in total. The lowest BCUT2D eigenvalue weighted by Gasteiger charge is -1.85. The molecule has 16 heavy (non-hydrogen) atoms. The van der Waals surface area contributed by atoms with Crippen molar-refractivity contribution in [3.63, 3.8) is 0 Å². The van der Waals surface area contributed by atoms with Crippen molar-refractivity contribution in [3.8, 4) is 0 Å². The van der Waals surface area contributed by atoms with Crippen LogP contribution in [0.2, 0.25) is 0 Å². The number of rotatable bonds is 0. The molecule has 88 valence electrons. The summed E-state index contributed by atoms with van der Waals surface area (Å²) in [6.07, 6.45) is 8.99. The molecule has 0 atom stereocenters. The third kappa shape index (κ3) is 3.08. The van der Waals surface area contributed by atoms with Gasteiger partial charge < -0.3 is 4.42 Å². The Bertz CT molecular complexity index is 595. The monoisotopic (exact) mass is 223 g/mol. The van der Waals surface area contributed by atoms with Crippen molar-refractivity contribution >= 4 is 12.2 Å². The van der Waals surface area contributed by atoms with Crippen LogP contribution in [0.25, 0.3) is 12.2 Å². The van der Waals surface area contributed by atoms with Crippen LogP contribution >= 0.6 is 0 Å². The summed E-state index contributed by atoms with van der Waals surface area (Å²) in [5.74, 6) is -0.719. The molecule has 0 radical (unpaired) electrons. The summed E-state index contributed by atoms with van der Waals surface area (Å²) < 4.78 is 4.39.